The molecule has 0 aromatic heterocycles. The number of hydrogen-bond donors (Lipinski definition) is 1. The lowest BCUT2D eigenvalue weighted by Crippen LogP contribution is -2.15. The second-order valence-corrected chi connectivity index (χ2v) is 5.56. The van der Waals surface area contributed by atoms with Gasteiger partial charge in [-0.3, -0.25) is 0 Å². The predicted octanol–water partition coefficient (Wildman–Crippen LogP) is 4.54. The van der Waals surface area contributed by atoms with Crippen molar-refractivity contribution in [1.82, 2.24) is 5.32 Å². The summed E-state index contributed by atoms with van der Waals surface area (Å²) in [4.78, 5) is 0. The van der Waals surface area contributed by atoms with Gasteiger partial charge in [-0.15, -0.1) is 0 Å². The van der Waals surface area contributed by atoms with Gasteiger partial charge in [0.1, 0.15) is 11.6 Å². The van der Waals surface area contributed by atoms with E-state index in [2.05, 4.69) is 5.32 Å². The van der Waals surface area contributed by atoms with Crippen molar-refractivity contribution in [2.24, 2.45) is 0 Å². The minimum Gasteiger partial charge on any atom is -0.310 e. The quantitative estimate of drug-likeness (QED) is 0.873. The van der Waals surface area contributed by atoms with E-state index >= 15 is 0 Å². The highest BCUT2D eigenvalue weighted by molar-refractivity contribution is 6.30. The van der Waals surface area contributed by atoms with Crippen LogP contribution in [0.1, 0.15) is 18.4 Å². The second-order valence-electron chi connectivity index (χ2n) is 5.13. The highest BCUT2D eigenvalue weighted by Crippen LogP contribution is 2.27. The van der Waals surface area contributed by atoms with E-state index in [1.165, 1.54) is 31.0 Å². The summed E-state index contributed by atoms with van der Waals surface area (Å²) in [6.45, 7) is 0.659. The van der Waals surface area contributed by atoms with Crippen molar-refractivity contribution in [3.05, 3.63) is 58.6 Å². The zero-order valence-electron chi connectivity index (χ0n) is 10.8. The molecule has 2 aromatic carbocycles. The summed E-state index contributed by atoms with van der Waals surface area (Å²) < 4.78 is 27.5. The second kappa shape index (κ2) is 5.51. The molecule has 1 aliphatic carbocycles. The van der Waals surface area contributed by atoms with Gasteiger partial charge in [-0.25, -0.2) is 8.78 Å². The van der Waals surface area contributed by atoms with Gasteiger partial charge in [-0.2, -0.15) is 0 Å². The first-order chi connectivity index (χ1) is 9.61. The van der Waals surface area contributed by atoms with E-state index in [1.807, 2.05) is 6.07 Å². The van der Waals surface area contributed by atoms with Crippen LogP contribution in [0.4, 0.5) is 8.78 Å². The van der Waals surface area contributed by atoms with Crippen LogP contribution in [0, 0.1) is 11.6 Å². The summed E-state index contributed by atoms with van der Waals surface area (Å²) in [5.41, 5.74) is 1.71. The normalized spacial score (nSPS) is 14.6. The molecule has 104 valence electrons. The van der Waals surface area contributed by atoms with Crippen LogP contribution in [0.2, 0.25) is 5.02 Å². The minimum absolute atomic E-state index is 0.263. The van der Waals surface area contributed by atoms with Crippen molar-refractivity contribution in [2.45, 2.75) is 25.4 Å². The first kappa shape index (κ1) is 13.5. The molecule has 0 saturated heterocycles. The average molecular weight is 294 g/mol. The zero-order valence-corrected chi connectivity index (χ0v) is 11.6. The van der Waals surface area contributed by atoms with E-state index < -0.39 is 5.82 Å². The number of rotatable bonds is 4. The Morgan fingerprint density at radius 3 is 2.55 bits per heavy atom. The summed E-state index contributed by atoms with van der Waals surface area (Å²) in [6.07, 6.45) is 2.39. The van der Waals surface area contributed by atoms with Crippen LogP contribution in [0.25, 0.3) is 11.1 Å². The Balaban J connectivity index is 1.85. The molecule has 3 rings (SSSR count). The highest BCUT2D eigenvalue weighted by atomic mass is 35.5. The van der Waals surface area contributed by atoms with Gasteiger partial charge in [-0.1, -0.05) is 23.7 Å². The highest BCUT2D eigenvalue weighted by Gasteiger charge is 2.20. The predicted molar refractivity (Wildman–Crippen MR) is 76.7 cm³/mol. The molecule has 1 aliphatic rings. The summed E-state index contributed by atoms with van der Waals surface area (Å²) in [6, 6.07) is 9.65. The molecular weight excluding hydrogens is 280 g/mol. The van der Waals surface area contributed by atoms with Crippen molar-refractivity contribution in [3.8, 4) is 11.1 Å². The Labute approximate surface area is 121 Å². The molecule has 1 fully saturated rings. The van der Waals surface area contributed by atoms with Gasteiger partial charge < -0.3 is 5.32 Å². The van der Waals surface area contributed by atoms with Crippen LogP contribution in [0.3, 0.4) is 0 Å². The van der Waals surface area contributed by atoms with E-state index in [0.29, 0.717) is 23.7 Å². The standard InChI is InChI=1S/C16H14ClF2N/c17-12-6-11(7-13(18)8-12)15-4-1-10(5-16(15)19)9-20-14-2-3-14/h1,4-8,14,20H,2-3,9H2. The molecule has 0 unspecified atom stereocenters. The van der Waals surface area contributed by atoms with Crippen molar-refractivity contribution in [3.63, 3.8) is 0 Å². The topological polar surface area (TPSA) is 12.0 Å². The summed E-state index contributed by atoms with van der Waals surface area (Å²) in [7, 11) is 0. The van der Waals surface area contributed by atoms with E-state index in [-0.39, 0.29) is 10.8 Å². The third-order valence-electron chi connectivity index (χ3n) is 3.38. The lowest BCUT2D eigenvalue weighted by atomic mass is 10.0. The van der Waals surface area contributed by atoms with Crippen LogP contribution in [0.15, 0.2) is 36.4 Å². The number of benzene rings is 2. The molecule has 1 N–H and O–H groups in total. The van der Waals surface area contributed by atoms with Crippen LogP contribution < -0.4 is 5.32 Å². The molecule has 0 atom stereocenters. The minimum atomic E-state index is -0.466. The molecule has 1 nitrogen and oxygen atoms in total. The van der Waals surface area contributed by atoms with Crippen LogP contribution >= 0.6 is 11.6 Å². The fourth-order valence-electron chi connectivity index (χ4n) is 2.16. The van der Waals surface area contributed by atoms with Gasteiger partial charge in [0.15, 0.2) is 0 Å². The molecule has 0 bridgehead atoms. The molecular formula is C16H14ClF2N. The summed E-state index contributed by atoms with van der Waals surface area (Å²) >= 11 is 5.80. The average Bonchev–Trinajstić information content (AvgIpc) is 3.19. The maximum Gasteiger partial charge on any atom is 0.131 e. The van der Waals surface area contributed by atoms with Gasteiger partial charge in [0, 0.05) is 23.2 Å². The SMILES string of the molecule is Fc1cc(Cl)cc(-c2ccc(CNC3CC3)cc2F)c1. The van der Waals surface area contributed by atoms with Gasteiger partial charge in [0.05, 0.1) is 0 Å². The smallest absolute Gasteiger partial charge is 0.131 e. The van der Waals surface area contributed by atoms with Crippen molar-refractivity contribution in [1.29, 1.82) is 0 Å². The van der Waals surface area contributed by atoms with Gasteiger partial charge in [-0.05, 0) is 48.2 Å². The van der Waals surface area contributed by atoms with Crippen LogP contribution in [-0.4, -0.2) is 6.04 Å². The first-order valence-corrected chi connectivity index (χ1v) is 6.98. The van der Waals surface area contributed by atoms with Gasteiger partial charge in [0.2, 0.25) is 0 Å². The maximum atomic E-state index is 14.1. The molecule has 0 amide bonds. The van der Waals surface area contributed by atoms with E-state index in [0.717, 1.165) is 5.56 Å². The Morgan fingerprint density at radius 1 is 1.10 bits per heavy atom. The molecule has 0 heterocycles. The lowest BCUT2D eigenvalue weighted by Gasteiger charge is -2.08. The fourth-order valence-corrected chi connectivity index (χ4v) is 2.38. The third kappa shape index (κ3) is 3.17. The summed E-state index contributed by atoms with van der Waals surface area (Å²) in [5, 5.41) is 3.59. The molecule has 4 heteroatoms. The molecule has 0 spiro atoms. The Hall–Kier alpha value is -1.45. The fraction of sp³-hybridized carbons (Fsp3) is 0.250. The number of nitrogens with one attached hydrogen (secondary N) is 1. The third-order valence-corrected chi connectivity index (χ3v) is 3.60. The molecule has 1 saturated carbocycles. The Morgan fingerprint density at radius 2 is 1.90 bits per heavy atom. The van der Waals surface area contributed by atoms with E-state index in [9.17, 15) is 8.78 Å². The largest absolute Gasteiger partial charge is 0.310 e. The number of hydrogen-bond acceptors (Lipinski definition) is 1. The monoisotopic (exact) mass is 293 g/mol. The first-order valence-electron chi connectivity index (χ1n) is 6.60. The molecule has 2 aromatic rings. The van der Waals surface area contributed by atoms with Gasteiger partial charge in [0.25, 0.3) is 0 Å². The molecule has 0 aliphatic heterocycles. The lowest BCUT2D eigenvalue weighted by molar-refractivity contribution is 0.620. The molecule has 20 heavy (non-hydrogen) atoms. The summed E-state index contributed by atoms with van der Waals surface area (Å²) in [5.74, 6) is -0.826. The van der Waals surface area contributed by atoms with Crippen LogP contribution in [0.5, 0.6) is 0 Å². The maximum absolute atomic E-state index is 14.1. The van der Waals surface area contributed by atoms with Gasteiger partial charge >= 0.3 is 0 Å². The zero-order chi connectivity index (χ0) is 14.1. The van der Waals surface area contributed by atoms with E-state index in [1.54, 1.807) is 12.1 Å². The van der Waals surface area contributed by atoms with Crippen molar-refractivity contribution in [2.75, 3.05) is 0 Å². The Kier molecular flexibility index (Phi) is 3.72. The van der Waals surface area contributed by atoms with Crippen LogP contribution in [-0.2, 0) is 6.54 Å². The molecule has 0 radical (unpaired) electrons. The van der Waals surface area contributed by atoms with Crippen molar-refractivity contribution >= 4 is 11.6 Å². The number of halogens is 3. The van der Waals surface area contributed by atoms with Crippen molar-refractivity contribution < 1.29 is 8.78 Å². The van der Waals surface area contributed by atoms with E-state index in [4.69, 9.17) is 11.6 Å². The Bertz CT molecular complexity index is 618.